The second kappa shape index (κ2) is 5.98. The number of imidazole rings is 1. The molecule has 1 aromatic heterocycles. The SMILES string of the molecule is CCCC1CC(=O)N(Cn2c(Cl)nc3cc(C#N)ccc32)C1. The summed E-state index contributed by atoms with van der Waals surface area (Å²) in [6.07, 6.45) is 2.79. The predicted molar refractivity (Wildman–Crippen MR) is 84.2 cm³/mol. The van der Waals surface area contributed by atoms with Crippen LogP contribution in [0, 0.1) is 17.2 Å². The van der Waals surface area contributed by atoms with E-state index in [1.54, 1.807) is 12.1 Å². The van der Waals surface area contributed by atoms with Crippen molar-refractivity contribution in [2.24, 2.45) is 5.92 Å². The summed E-state index contributed by atoms with van der Waals surface area (Å²) in [5.41, 5.74) is 2.07. The minimum Gasteiger partial charge on any atom is -0.324 e. The zero-order valence-electron chi connectivity index (χ0n) is 12.4. The van der Waals surface area contributed by atoms with Crippen molar-refractivity contribution >= 4 is 28.5 Å². The summed E-state index contributed by atoms with van der Waals surface area (Å²) < 4.78 is 1.82. The predicted octanol–water partition coefficient (Wildman–Crippen LogP) is 3.17. The van der Waals surface area contributed by atoms with E-state index in [0.717, 1.165) is 24.9 Å². The van der Waals surface area contributed by atoms with Crippen LogP contribution in [0.5, 0.6) is 0 Å². The van der Waals surface area contributed by atoms with Crippen LogP contribution in [0.3, 0.4) is 0 Å². The molecule has 1 aliphatic rings. The topological polar surface area (TPSA) is 61.9 Å². The van der Waals surface area contributed by atoms with Crippen molar-refractivity contribution in [1.82, 2.24) is 14.5 Å². The van der Waals surface area contributed by atoms with Gasteiger partial charge in [-0.1, -0.05) is 13.3 Å². The van der Waals surface area contributed by atoms with E-state index in [1.807, 2.05) is 15.5 Å². The fraction of sp³-hybridized carbons (Fsp3) is 0.438. The Balaban J connectivity index is 1.87. The number of benzene rings is 1. The minimum atomic E-state index is 0.171. The van der Waals surface area contributed by atoms with Gasteiger partial charge in [-0.2, -0.15) is 5.26 Å². The summed E-state index contributed by atoms with van der Waals surface area (Å²) >= 11 is 6.22. The highest BCUT2D eigenvalue weighted by atomic mass is 35.5. The fourth-order valence-corrected chi connectivity index (χ4v) is 3.30. The Morgan fingerprint density at radius 3 is 3.05 bits per heavy atom. The number of likely N-dealkylation sites (tertiary alicyclic amines) is 1. The van der Waals surface area contributed by atoms with Crippen LogP contribution in [0.15, 0.2) is 18.2 Å². The largest absolute Gasteiger partial charge is 0.324 e. The molecule has 1 aliphatic heterocycles. The summed E-state index contributed by atoms with van der Waals surface area (Å²) in [6, 6.07) is 7.37. The van der Waals surface area contributed by atoms with Crippen molar-refractivity contribution in [2.75, 3.05) is 6.54 Å². The summed E-state index contributed by atoms with van der Waals surface area (Å²) in [5.74, 6) is 0.612. The Kier molecular flexibility index (Phi) is 4.04. The molecule has 0 N–H and O–H groups in total. The zero-order chi connectivity index (χ0) is 15.7. The molecular formula is C16H17ClN4O. The van der Waals surface area contributed by atoms with E-state index < -0.39 is 0 Å². The third-order valence-corrected chi connectivity index (χ3v) is 4.42. The summed E-state index contributed by atoms with van der Waals surface area (Å²) in [4.78, 5) is 18.3. The number of nitriles is 1. The summed E-state index contributed by atoms with van der Waals surface area (Å²) in [7, 11) is 0. The molecule has 1 aromatic carbocycles. The Labute approximate surface area is 134 Å². The van der Waals surface area contributed by atoms with Crippen LogP contribution in [0.4, 0.5) is 0 Å². The van der Waals surface area contributed by atoms with Gasteiger partial charge in [-0.05, 0) is 42.1 Å². The van der Waals surface area contributed by atoms with Crippen molar-refractivity contribution in [3.8, 4) is 6.07 Å². The van der Waals surface area contributed by atoms with Crippen LogP contribution in [0.1, 0.15) is 31.7 Å². The van der Waals surface area contributed by atoms with Crippen molar-refractivity contribution in [3.05, 3.63) is 29.0 Å². The van der Waals surface area contributed by atoms with Crippen molar-refractivity contribution in [1.29, 1.82) is 5.26 Å². The zero-order valence-corrected chi connectivity index (χ0v) is 13.2. The quantitative estimate of drug-likeness (QED) is 0.870. The van der Waals surface area contributed by atoms with E-state index in [4.69, 9.17) is 16.9 Å². The van der Waals surface area contributed by atoms with Gasteiger partial charge in [-0.3, -0.25) is 9.36 Å². The van der Waals surface area contributed by atoms with Gasteiger partial charge in [-0.15, -0.1) is 0 Å². The second-order valence-corrected chi connectivity index (χ2v) is 6.08. The highest BCUT2D eigenvalue weighted by molar-refractivity contribution is 6.29. The van der Waals surface area contributed by atoms with Crippen molar-refractivity contribution in [3.63, 3.8) is 0 Å². The third-order valence-electron chi connectivity index (χ3n) is 4.13. The molecule has 22 heavy (non-hydrogen) atoms. The monoisotopic (exact) mass is 316 g/mol. The van der Waals surface area contributed by atoms with Gasteiger partial charge in [0.2, 0.25) is 11.2 Å². The lowest BCUT2D eigenvalue weighted by Gasteiger charge is -2.18. The molecule has 3 rings (SSSR count). The van der Waals surface area contributed by atoms with Crippen molar-refractivity contribution < 1.29 is 4.79 Å². The molecule has 2 aromatic rings. The lowest BCUT2D eigenvalue weighted by molar-refractivity contribution is -0.129. The maximum Gasteiger partial charge on any atom is 0.224 e. The Morgan fingerprint density at radius 2 is 2.32 bits per heavy atom. The summed E-state index contributed by atoms with van der Waals surface area (Å²) in [5, 5.41) is 9.29. The van der Waals surface area contributed by atoms with E-state index in [2.05, 4.69) is 18.0 Å². The molecular weight excluding hydrogens is 300 g/mol. The van der Waals surface area contributed by atoms with Crippen LogP contribution in [-0.4, -0.2) is 26.9 Å². The number of hydrogen-bond acceptors (Lipinski definition) is 3. The number of carbonyl (C=O) groups is 1. The summed E-state index contributed by atoms with van der Waals surface area (Å²) in [6.45, 7) is 3.33. The molecule has 1 fully saturated rings. The maximum atomic E-state index is 12.1. The number of fused-ring (bicyclic) bond motifs is 1. The highest BCUT2D eigenvalue weighted by Crippen LogP contribution is 2.26. The minimum absolute atomic E-state index is 0.171. The smallest absolute Gasteiger partial charge is 0.224 e. The molecule has 2 heterocycles. The van der Waals surface area contributed by atoms with E-state index >= 15 is 0 Å². The first-order valence-electron chi connectivity index (χ1n) is 7.46. The number of nitrogens with zero attached hydrogens (tertiary/aromatic N) is 4. The molecule has 114 valence electrons. The number of carbonyl (C=O) groups excluding carboxylic acids is 1. The average Bonchev–Trinajstić information content (AvgIpc) is 3.00. The van der Waals surface area contributed by atoms with E-state index in [-0.39, 0.29) is 5.91 Å². The van der Waals surface area contributed by atoms with Crippen LogP contribution < -0.4 is 0 Å². The van der Waals surface area contributed by atoms with Gasteiger partial charge in [0.25, 0.3) is 0 Å². The molecule has 6 heteroatoms. The maximum absolute atomic E-state index is 12.1. The van der Waals surface area contributed by atoms with Gasteiger partial charge >= 0.3 is 0 Å². The van der Waals surface area contributed by atoms with Crippen molar-refractivity contribution in [2.45, 2.75) is 32.9 Å². The van der Waals surface area contributed by atoms with Gasteiger partial charge in [0.05, 0.1) is 22.7 Å². The Bertz CT molecular complexity index is 761. The van der Waals surface area contributed by atoms with Gasteiger partial charge < -0.3 is 4.90 Å². The molecule has 1 saturated heterocycles. The number of hydrogen-bond donors (Lipinski definition) is 0. The second-order valence-electron chi connectivity index (χ2n) is 5.74. The number of amides is 1. The van der Waals surface area contributed by atoms with Gasteiger partial charge in [0.1, 0.15) is 6.67 Å². The normalized spacial score (nSPS) is 18.1. The van der Waals surface area contributed by atoms with E-state index in [1.165, 1.54) is 0 Å². The molecule has 5 nitrogen and oxygen atoms in total. The van der Waals surface area contributed by atoms with Crippen LogP contribution in [0.25, 0.3) is 11.0 Å². The van der Waals surface area contributed by atoms with E-state index in [0.29, 0.717) is 35.4 Å². The van der Waals surface area contributed by atoms with E-state index in [9.17, 15) is 4.79 Å². The molecule has 0 aliphatic carbocycles. The first-order chi connectivity index (χ1) is 10.6. The van der Waals surface area contributed by atoms with Gasteiger partial charge in [0, 0.05) is 13.0 Å². The van der Waals surface area contributed by atoms with Crippen LogP contribution >= 0.6 is 11.6 Å². The molecule has 1 amide bonds. The molecule has 0 radical (unpaired) electrons. The molecule has 0 bridgehead atoms. The number of rotatable bonds is 4. The Hall–Kier alpha value is -2.06. The standard InChI is InChI=1S/C16H17ClN4O/c1-2-3-12-7-15(22)20(9-12)10-21-14-5-4-11(8-18)6-13(14)19-16(21)17/h4-6,12H,2-3,7,9-10H2,1H3. The molecule has 0 spiro atoms. The molecule has 1 unspecified atom stereocenters. The van der Waals surface area contributed by atoms with Crippen LogP contribution in [0.2, 0.25) is 5.28 Å². The van der Waals surface area contributed by atoms with Gasteiger partial charge in [-0.25, -0.2) is 4.98 Å². The van der Waals surface area contributed by atoms with Crippen LogP contribution in [-0.2, 0) is 11.5 Å². The third kappa shape index (κ3) is 2.67. The molecule has 1 atom stereocenters. The fourth-order valence-electron chi connectivity index (χ4n) is 3.07. The first kappa shape index (κ1) is 14.9. The molecule has 0 saturated carbocycles. The average molecular weight is 317 g/mol. The first-order valence-corrected chi connectivity index (χ1v) is 7.83. The highest BCUT2D eigenvalue weighted by Gasteiger charge is 2.29. The lowest BCUT2D eigenvalue weighted by Crippen LogP contribution is -2.28. The van der Waals surface area contributed by atoms with Gasteiger partial charge in [0.15, 0.2) is 0 Å². The number of halogens is 1. The lowest BCUT2D eigenvalue weighted by atomic mass is 10.0. The number of aromatic nitrogens is 2. The Morgan fingerprint density at radius 1 is 1.50 bits per heavy atom.